The smallest absolute Gasteiger partial charge is 0.380 e. The van der Waals surface area contributed by atoms with Gasteiger partial charge < -0.3 is 9.15 Å². The van der Waals surface area contributed by atoms with Crippen LogP contribution in [0.5, 0.6) is 5.75 Å². The molecule has 0 saturated heterocycles. The molecule has 0 spiro atoms. The molecule has 1 aliphatic carbocycles. The van der Waals surface area contributed by atoms with Crippen molar-refractivity contribution in [3.05, 3.63) is 89.0 Å². The predicted octanol–water partition coefficient (Wildman–Crippen LogP) is 6.45. The molecule has 0 amide bonds. The van der Waals surface area contributed by atoms with Crippen molar-refractivity contribution >= 4 is 28.3 Å². The highest BCUT2D eigenvalue weighted by molar-refractivity contribution is 6.06. The summed E-state index contributed by atoms with van der Waals surface area (Å²) in [5, 5.41) is 5.61. The number of hydrazone groups is 1. The number of pyridine rings is 1. The molecular weight excluding hydrogens is 426 g/mol. The average molecular weight is 454 g/mol. The molecule has 1 N–H and O–H groups in total. The molecule has 0 saturated carbocycles. The van der Waals surface area contributed by atoms with Gasteiger partial charge in [0.25, 0.3) is 0 Å². The Morgan fingerprint density at radius 3 is 2.62 bits per heavy atom. The number of hydrogen-bond acceptors (Lipinski definition) is 6. The number of aryl methyl sites for hydroxylation is 1. The first kappa shape index (κ1) is 21.9. The summed E-state index contributed by atoms with van der Waals surface area (Å²) >= 11 is 0. The summed E-state index contributed by atoms with van der Waals surface area (Å²) in [5.41, 5.74) is 8.02. The topological polar surface area (TPSA) is 76.7 Å². The summed E-state index contributed by atoms with van der Waals surface area (Å²) in [5.74, 6) is 0.858. The number of anilines is 1. The second-order valence-corrected chi connectivity index (χ2v) is 9.58. The predicted molar refractivity (Wildman–Crippen MR) is 134 cm³/mol. The Balaban J connectivity index is 1.50. The van der Waals surface area contributed by atoms with Crippen LogP contribution >= 0.6 is 0 Å². The van der Waals surface area contributed by atoms with Crippen LogP contribution in [0, 0.1) is 19.3 Å². The number of hydrogen-bond donors (Lipinski definition) is 1. The van der Waals surface area contributed by atoms with Crippen molar-refractivity contribution in [2.45, 2.75) is 40.5 Å². The minimum atomic E-state index is -0.532. The van der Waals surface area contributed by atoms with Gasteiger partial charge in [0.2, 0.25) is 5.76 Å². The third-order valence-electron chi connectivity index (χ3n) is 6.10. The van der Waals surface area contributed by atoms with Crippen molar-refractivity contribution in [2.75, 3.05) is 5.43 Å². The lowest BCUT2D eigenvalue weighted by Gasteiger charge is -2.29. The maximum Gasteiger partial charge on any atom is 0.380 e. The number of esters is 1. The monoisotopic (exact) mass is 453 g/mol. The summed E-state index contributed by atoms with van der Waals surface area (Å²) in [6.45, 7) is 8.15. The maximum atomic E-state index is 13.2. The van der Waals surface area contributed by atoms with E-state index in [1.54, 1.807) is 6.07 Å². The molecule has 0 fully saturated rings. The Labute approximate surface area is 198 Å². The van der Waals surface area contributed by atoms with Crippen molar-refractivity contribution in [1.82, 2.24) is 4.98 Å². The molecule has 6 nitrogen and oxygen atoms in total. The lowest BCUT2D eigenvalue weighted by atomic mass is 9.75. The zero-order valence-electron chi connectivity index (χ0n) is 19.8. The average Bonchev–Trinajstić information content (AvgIpc) is 3.13. The van der Waals surface area contributed by atoms with Gasteiger partial charge in [-0.15, -0.1) is 0 Å². The van der Waals surface area contributed by atoms with Gasteiger partial charge in [0.1, 0.15) is 11.3 Å². The number of nitrogens with one attached hydrogen (secondary N) is 1. The molecule has 0 bridgehead atoms. The fourth-order valence-electron chi connectivity index (χ4n) is 4.50. The van der Waals surface area contributed by atoms with Crippen molar-refractivity contribution in [3.63, 3.8) is 0 Å². The van der Waals surface area contributed by atoms with Crippen molar-refractivity contribution in [1.29, 1.82) is 0 Å². The van der Waals surface area contributed by atoms with Gasteiger partial charge >= 0.3 is 5.97 Å². The van der Waals surface area contributed by atoms with Crippen LogP contribution in [-0.2, 0) is 6.42 Å². The van der Waals surface area contributed by atoms with E-state index in [1.807, 2.05) is 68.4 Å². The summed E-state index contributed by atoms with van der Waals surface area (Å²) in [6, 6.07) is 19.3. The zero-order valence-corrected chi connectivity index (χ0v) is 19.8. The van der Waals surface area contributed by atoms with Gasteiger partial charge in [0, 0.05) is 28.6 Å². The van der Waals surface area contributed by atoms with Gasteiger partial charge in [-0.05, 0) is 49.9 Å². The second kappa shape index (κ2) is 8.45. The highest BCUT2D eigenvalue weighted by Gasteiger charge is 2.36. The Hall–Kier alpha value is -3.93. The molecule has 0 atom stereocenters. The summed E-state index contributed by atoms with van der Waals surface area (Å²) < 4.78 is 11.9. The van der Waals surface area contributed by atoms with Crippen LogP contribution in [0.1, 0.15) is 53.4 Å². The quantitative estimate of drug-likeness (QED) is 0.218. The molecule has 1 aliphatic rings. The van der Waals surface area contributed by atoms with Gasteiger partial charge in [0.05, 0.1) is 11.4 Å². The minimum Gasteiger partial charge on any atom is -0.453 e. The molecule has 0 unspecified atom stereocenters. The summed E-state index contributed by atoms with van der Waals surface area (Å²) in [7, 11) is 0. The van der Waals surface area contributed by atoms with Crippen LogP contribution in [0.2, 0.25) is 0 Å². The van der Waals surface area contributed by atoms with Gasteiger partial charge in [0.15, 0.2) is 5.75 Å². The van der Waals surface area contributed by atoms with Crippen LogP contribution in [0.25, 0.3) is 10.9 Å². The molecule has 6 heteroatoms. The first-order chi connectivity index (χ1) is 16.3. The van der Waals surface area contributed by atoms with E-state index < -0.39 is 5.97 Å². The number of ether oxygens (including phenoxy) is 1. The first-order valence-corrected chi connectivity index (χ1v) is 11.4. The number of benzene rings is 2. The molecule has 2 aromatic carbocycles. The Bertz CT molecular complexity index is 1420. The van der Waals surface area contributed by atoms with Crippen LogP contribution in [0.15, 0.2) is 70.2 Å². The standard InChI is InChI=1S/C28H27N3O3/c1-17-13-14-19-9-8-12-22(25(19)29-17)34-27(32)26-18(2)24-21(15-28(3,4)16-23(24)33-26)31-30-20-10-6-5-7-11-20/h5-14,30H,15-16H2,1-4H3/b31-21-. The normalized spacial score (nSPS) is 15.8. The second-order valence-electron chi connectivity index (χ2n) is 9.58. The molecule has 0 aliphatic heterocycles. The first-order valence-electron chi connectivity index (χ1n) is 11.4. The van der Waals surface area contributed by atoms with Crippen molar-refractivity contribution in [3.8, 4) is 5.75 Å². The number of fused-ring (bicyclic) bond motifs is 2. The summed E-state index contributed by atoms with van der Waals surface area (Å²) in [4.78, 5) is 17.8. The van der Waals surface area contributed by atoms with E-state index in [9.17, 15) is 4.79 Å². The highest BCUT2D eigenvalue weighted by Crippen LogP contribution is 2.39. The number of carbonyl (C=O) groups is 1. The molecule has 2 heterocycles. The van der Waals surface area contributed by atoms with E-state index in [1.165, 1.54) is 0 Å². The zero-order chi connectivity index (χ0) is 23.9. The van der Waals surface area contributed by atoms with E-state index in [0.29, 0.717) is 11.3 Å². The molecule has 34 heavy (non-hydrogen) atoms. The van der Waals surface area contributed by atoms with Crippen molar-refractivity contribution < 1.29 is 13.9 Å². The largest absolute Gasteiger partial charge is 0.453 e. The van der Waals surface area contributed by atoms with Crippen LogP contribution < -0.4 is 10.2 Å². The molecule has 4 aromatic rings. The molecule has 5 rings (SSSR count). The van der Waals surface area contributed by atoms with E-state index in [-0.39, 0.29) is 11.2 Å². The third kappa shape index (κ3) is 4.19. The van der Waals surface area contributed by atoms with E-state index >= 15 is 0 Å². The highest BCUT2D eigenvalue weighted by atomic mass is 16.5. The SMILES string of the molecule is Cc1ccc2cccc(OC(=O)c3oc4c(c3C)/C(=N\Nc3ccccc3)CC(C)(C)C4)c2n1. The lowest BCUT2D eigenvalue weighted by molar-refractivity contribution is 0.0699. The third-order valence-corrected chi connectivity index (χ3v) is 6.10. The summed E-state index contributed by atoms with van der Waals surface area (Å²) in [6.07, 6.45) is 1.48. The number of para-hydroxylation sites is 2. The Morgan fingerprint density at radius 1 is 1.03 bits per heavy atom. The van der Waals surface area contributed by atoms with Crippen LogP contribution in [0.3, 0.4) is 0 Å². The van der Waals surface area contributed by atoms with Gasteiger partial charge in [-0.1, -0.05) is 50.2 Å². The van der Waals surface area contributed by atoms with E-state index in [4.69, 9.17) is 14.3 Å². The fraction of sp³-hybridized carbons (Fsp3) is 0.250. The molecule has 0 radical (unpaired) electrons. The van der Waals surface area contributed by atoms with Crippen LogP contribution in [0.4, 0.5) is 5.69 Å². The Kier molecular flexibility index (Phi) is 5.44. The van der Waals surface area contributed by atoms with Crippen molar-refractivity contribution in [2.24, 2.45) is 10.5 Å². The molecule has 2 aromatic heterocycles. The molecule has 172 valence electrons. The maximum absolute atomic E-state index is 13.2. The minimum absolute atomic E-state index is 0.0489. The number of carbonyl (C=O) groups excluding carboxylic acids is 1. The van der Waals surface area contributed by atoms with E-state index in [0.717, 1.165) is 52.2 Å². The van der Waals surface area contributed by atoms with Gasteiger partial charge in [-0.3, -0.25) is 5.43 Å². The Morgan fingerprint density at radius 2 is 1.82 bits per heavy atom. The van der Waals surface area contributed by atoms with E-state index in [2.05, 4.69) is 24.3 Å². The van der Waals surface area contributed by atoms with Crippen LogP contribution in [-0.4, -0.2) is 16.7 Å². The molecular formula is C28H27N3O3. The van der Waals surface area contributed by atoms with Gasteiger partial charge in [-0.2, -0.15) is 5.10 Å². The number of aromatic nitrogens is 1. The van der Waals surface area contributed by atoms with Gasteiger partial charge in [-0.25, -0.2) is 9.78 Å². The lowest BCUT2D eigenvalue weighted by Crippen LogP contribution is -2.27. The number of furan rings is 1. The number of nitrogens with zero attached hydrogens (tertiary/aromatic N) is 2. The number of rotatable bonds is 4. The fourth-order valence-corrected chi connectivity index (χ4v) is 4.50.